The number of rotatable bonds is 0. The van der Waals surface area contributed by atoms with E-state index in [0.717, 1.165) is 19.4 Å². The molecule has 0 amide bonds. The highest BCUT2D eigenvalue weighted by Gasteiger charge is 2.19. The highest BCUT2D eigenvalue weighted by Crippen LogP contribution is 2.24. The molecule has 0 spiro atoms. The summed E-state index contributed by atoms with van der Waals surface area (Å²) >= 11 is 6.72. The van der Waals surface area contributed by atoms with Gasteiger partial charge in [0.1, 0.15) is 6.10 Å². The maximum Gasteiger partial charge on any atom is 0.118 e. The topological polar surface area (TPSA) is 20.2 Å². The molecule has 0 radical (unpaired) electrons. The summed E-state index contributed by atoms with van der Waals surface area (Å²) in [5.41, 5.74) is 0. The van der Waals surface area contributed by atoms with Gasteiger partial charge in [-0.15, -0.1) is 0 Å². The van der Waals surface area contributed by atoms with Gasteiger partial charge in [-0.3, -0.25) is 0 Å². The van der Waals surface area contributed by atoms with Crippen molar-refractivity contribution in [3.8, 4) is 0 Å². The van der Waals surface area contributed by atoms with Crippen LogP contribution in [0.3, 0.4) is 0 Å². The van der Waals surface area contributed by atoms with E-state index in [4.69, 9.17) is 0 Å². The van der Waals surface area contributed by atoms with E-state index in [1.165, 1.54) is 0 Å². The van der Waals surface area contributed by atoms with E-state index in [-0.39, 0.29) is 0 Å². The van der Waals surface area contributed by atoms with Gasteiger partial charge in [0.25, 0.3) is 0 Å². The maximum absolute atomic E-state index is 9.62. The van der Waals surface area contributed by atoms with E-state index in [2.05, 4.69) is 31.9 Å². The Kier molecular flexibility index (Phi) is 2.10. The van der Waals surface area contributed by atoms with Gasteiger partial charge >= 0.3 is 0 Å². The summed E-state index contributed by atoms with van der Waals surface area (Å²) in [5, 5.41) is 11.8. The van der Waals surface area contributed by atoms with E-state index in [1.807, 2.05) is 24.3 Å². The number of aliphatic hydroxyl groups excluding tert-OH is 1. The number of halogens is 2. The Bertz CT molecular complexity index is 395. The summed E-state index contributed by atoms with van der Waals surface area (Å²) in [4.78, 5) is 0. The lowest BCUT2D eigenvalue weighted by atomic mass is 10.3. The normalized spacial score (nSPS) is 16.9. The monoisotopic (exact) mass is 288 g/mol. The van der Waals surface area contributed by atoms with Gasteiger partial charge in [-0.25, -0.2) is 0 Å². The number of hydrogen-bond donors (Lipinski definition) is 1. The van der Waals surface area contributed by atoms with E-state index in [9.17, 15) is 5.11 Å². The second kappa shape index (κ2) is 2.98. The van der Waals surface area contributed by atoms with Crippen LogP contribution in [0, 0.1) is 0 Å². The maximum atomic E-state index is 9.62. The smallest absolute Gasteiger partial charge is 0.118 e. The van der Waals surface area contributed by atoms with Crippen LogP contribution < -0.4 is 10.4 Å². The van der Waals surface area contributed by atoms with Crippen molar-refractivity contribution in [3.63, 3.8) is 0 Å². The highest BCUT2D eigenvalue weighted by molar-refractivity contribution is 9.15. The fourth-order valence-electron chi connectivity index (χ4n) is 1.31. The van der Waals surface area contributed by atoms with Crippen molar-refractivity contribution in [2.45, 2.75) is 6.10 Å². The van der Waals surface area contributed by atoms with Crippen LogP contribution in [0.2, 0.25) is 0 Å². The van der Waals surface area contributed by atoms with Crippen molar-refractivity contribution in [1.82, 2.24) is 0 Å². The van der Waals surface area contributed by atoms with Gasteiger partial charge < -0.3 is 5.11 Å². The van der Waals surface area contributed by atoms with E-state index < -0.39 is 6.10 Å². The highest BCUT2D eigenvalue weighted by atomic mass is 79.9. The third kappa shape index (κ3) is 1.08. The molecule has 3 heteroatoms. The minimum absolute atomic E-state index is 0.526. The Morgan fingerprint density at radius 2 is 1.42 bits per heavy atom. The van der Waals surface area contributed by atoms with Crippen LogP contribution in [0.5, 0.6) is 0 Å². The molecule has 0 atom stereocenters. The van der Waals surface area contributed by atoms with Crippen molar-refractivity contribution in [1.29, 1.82) is 0 Å². The number of aliphatic hydroxyl groups is 1. The van der Waals surface area contributed by atoms with Gasteiger partial charge in [-0.05, 0) is 10.4 Å². The Morgan fingerprint density at radius 1 is 1.00 bits per heavy atom. The minimum atomic E-state index is -0.526. The van der Waals surface area contributed by atoms with Crippen LogP contribution in [0.4, 0.5) is 0 Å². The molecule has 0 saturated carbocycles. The van der Waals surface area contributed by atoms with Crippen molar-refractivity contribution in [2.24, 2.45) is 0 Å². The lowest BCUT2D eigenvalue weighted by molar-refractivity contribution is 0.298. The van der Waals surface area contributed by atoms with Gasteiger partial charge in [0.15, 0.2) is 0 Å². The van der Waals surface area contributed by atoms with Crippen LogP contribution in [-0.4, -0.2) is 11.2 Å². The lowest BCUT2D eigenvalue weighted by Gasteiger charge is -2.01. The molecule has 12 heavy (non-hydrogen) atoms. The minimum Gasteiger partial charge on any atom is -0.383 e. The van der Waals surface area contributed by atoms with E-state index in [1.54, 1.807) is 0 Å². The van der Waals surface area contributed by atoms with Gasteiger partial charge in [-0.1, -0.05) is 56.1 Å². The zero-order chi connectivity index (χ0) is 8.72. The summed E-state index contributed by atoms with van der Waals surface area (Å²) in [6.07, 6.45) is -0.526. The summed E-state index contributed by atoms with van der Waals surface area (Å²) < 4.78 is 1.68. The average Bonchev–Trinajstić information content (AvgIpc) is 2.33. The van der Waals surface area contributed by atoms with Gasteiger partial charge in [0.2, 0.25) is 0 Å². The van der Waals surface area contributed by atoms with Crippen molar-refractivity contribution in [2.75, 3.05) is 0 Å². The molecule has 1 aromatic rings. The number of benzene rings is 1. The molecule has 0 saturated heterocycles. The van der Waals surface area contributed by atoms with Crippen LogP contribution >= 0.6 is 31.9 Å². The molecular formula is C9H6Br2O. The van der Waals surface area contributed by atoms with Gasteiger partial charge in [0.05, 0.1) is 0 Å². The summed E-state index contributed by atoms with van der Waals surface area (Å²) in [5.74, 6) is 0. The fraction of sp³-hybridized carbons (Fsp3) is 0.111. The molecular weight excluding hydrogens is 284 g/mol. The molecule has 62 valence electrons. The fourth-order valence-corrected chi connectivity index (χ4v) is 2.76. The van der Waals surface area contributed by atoms with Crippen molar-refractivity contribution >= 4 is 40.8 Å². The zero-order valence-corrected chi connectivity index (χ0v) is 9.26. The lowest BCUT2D eigenvalue weighted by Crippen LogP contribution is -2.21. The Hall–Kier alpha value is -0.120. The third-order valence-electron chi connectivity index (χ3n) is 1.92. The first-order valence-corrected chi connectivity index (χ1v) is 5.13. The molecule has 0 fully saturated rings. The summed E-state index contributed by atoms with van der Waals surface area (Å²) in [6.45, 7) is 0. The second-order valence-electron chi connectivity index (χ2n) is 2.64. The molecule has 0 unspecified atom stereocenters. The van der Waals surface area contributed by atoms with Crippen LogP contribution in [0.25, 0.3) is 8.96 Å². The molecule has 2 rings (SSSR count). The first-order chi connectivity index (χ1) is 5.72. The molecule has 0 heterocycles. The quantitative estimate of drug-likeness (QED) is 0.757. The largest absolute Gasteiger partial charge is 0.383 e. The van der Waals surface area contributed by atoms with Crippen LogP contribution in [-0.2, 0) is 0 Å². The van der Waals surface area contributed by atoms with Crippen molar-refractivity contribution < 1.29 is 5.11 Å². The molecule has 1 nitrogen and oxygen atoms in total. The molecule has 1 aromatic carbocycles. The third-order valence-corrected chi connectivity index (χ3v) is 3.64. The van der Waals surface area contributed by atoms with Gasteiger partial charge in [-0.2, -0.15) is 0 Å². The summed E-state index contributed by atoms with van der Waals surface area (Å²) in [6, 6.07) is 7.88. The first-order valence-electron chi connectivity index (χ1n) is 3.54. The van der Waals surface area contributed by atoms with Gasteiger partial charge in [0, 0.05) is 8.96 Å². The zero-order valence-electron chi connectivity index (χ0n) is 6.09. The SMILES string of the molecule is OC1C(Br)=c2ccccc2=C1Br. The molecule has 1 aliphatic rings. The molecule has 0 aliphatic heterocycles. The molecule has 1 N–H and O–H groups in total. The second-order valence-corrected chi connectivity index (χ2v) is 4.35. The Balaban J connectivity index is 2.95. The summed E-state index contributed by atoms with van der Waals surface area (Å²) in [7, 11) is 0. The Labute approximate surface area is 86.7 Å². The number of hydrogen-bond acceptors (Lipinski definition) is 1. The van der Waals surface area contributed by atoms with Crippen LogP contribution in [0.15, 0.2) is 24.3 Å². The molecule has 0 bridgehead atoms. The Morgan fingerprint density at radius 3 is 1.83 bits per heavy atom. The predicted molar refractivity (Wildman–Crippen MR) is 56.4 cm³/mol. The standard InChI is InChI=1S/C9H6Br2O/c10-7-5-3-1-2-4-6(5)8(11)9(7)12/h1-4,9,12H. The molecule has 0 aromatic heterocycles. The van der Waals surface area contributed by atoms with Crippen LogP contribution in [0.1, 0.15) is 0 Å². The average molecular weight is 290 g/mol. The van der Waals surface area contributed by atoms with E-state index >= 15 is 0 Å². The van der Waals surface area contributed by atoms with E-state index in [0.29, 0.717) is 0 Å². The first kappa shape index (κ1) is 8.48. The predicted octanol–water partition coefficient (Wildman–Crippen LogP) is 1.07. The molecule has 1 aliphatic carbocycles. The van der Waals surface area contributed by atoms with Crippen molar-refractivity contribution in [3.05, 3.63) is 34.7 Å². The number of fused-ring (bicyclic) bond motifs is 1.